The molecule has 33 heteroatoms. The fourth-order valence-corrected chi connectivity index (χ4v) is 8.51. The van der Waals surface area contributed by atoms with Crippen LogP contribution in [0.3, 0.4) is 0 Å². The van der Waals surface area contributed by atoms with E-state index in [9.17, 15) is 74.7 Å². The number of aliphatic hydroxyl groups excluding tert-OH is 7. The van der Waals surface area contributed by atoms with Crippen molar-refractivity contribution in [3.8, 4) is 5.75 Å². The van der Waals surface area contributed by atoms with Gasteiger partial charge >= 0.3 is 5.97 Å². The number of aromatic nitrogens is 2. The van der Waals surface area contributed by atoms with Crippen molar-refractivity contribution < 1.29 is 93.7 Å². The first-order valence-corrected chi connectivity index (χ1v) is 25.9. The Balaban J connectivity index is 1.67. The van der Waals surface area contributed by atoms with Crippen LogP contribution in [-0.2, 0) is 60.6 Å². The van der Waals surface area contributed by atoms with Crippen LogP contribution in [0.5, 0.6) is 5.75 Å². The third kappa shape index (κ3) is 20.0. The second-order valence-corrected chi connectivity index (χ2v) is 19.7. The van der Waals surface area contributed by atoms with E-state index in [1.807, 2.05) is 0 Å². The summed E-state index contributed by atoms with van der Waals surface area (Å²) in [6.07, 6.45) is -18.0. The first kappa shape index (κ1) is 66.6. The van der Waals surface area contributed by atoms with E-state index in [0.29, 0.717) is 17.7 Å². The van der Waals surface area contributed by atoms with Crippen molar-refractivity contribution in [3.05, 3.63) is 48.0 Å². The van der Waals surface area contributed by atoms with Crippen LogP contribution in [0.15, 0.2) is 46.8 Å². The van der Waals surface area contributed by atoms with Gasteiger partial charge in [0.1, 0.15) is 84.8 Å². The second kappa shape index (κ2) is 31.9. The zero-order chi connectivity index (χ0) is 60.2. The molecule has 81 heavy (non-hydrogen) atoms. The number of imidazole rings is 1. The maximum Gasteiger partial charge on any atom is 0.326 e. The summed E-state index contributed by atoms with van der Waals surface area (Å²) in [6, 6.07) is -3.74. The minimum Gasteiger partial charge on any atom is -0.508 e. The number of nitrogens with one attached hydrogen (secondary N) is 6. The topological polar surface area (TPSA) is 565 Å². The molecular formula is C48H78N14O19. The highest BCUT2D eigenvalue weighted by atomic mass is 16.7. The maximum absolute atomic E-state index is 14.8. The second-order valence-electron chi connectivity index (χ2n) is 19.7. The number of aliphatic carboxylic acids is 1. The number of carbonyl (C=O) groups is 6. The van der Waals surface area contributed by atoms with Gasteiger partial charge in [-0.1, -0.05) is 26.0 Å². The fraction of sp³-hybridized carbons (Fsp3) is 0.646. The molecule has 0 radical (unpaired) electrons. The molecule has 0 unspecified atom stereocenters. The number of amides is 5. The Labute approximate surface area is 464 Å². The van der Waals surface area contributed by atoms with Gasteiger partial charge in [0.05, 0.1) is 31.7 Å². The van der Waals surface area contributed by atoms with Gasteiger partial charge < -0.3 is 125 Å². The van der Waals surface area contributed by atoms with Gasteiger partial charge in [0.15, 0.2) is 24.5 Å². The van der Waals surface area contributed by atoms with E-state index in [1.54, 1.807) is 13.8 Å². The molecule has 2 fully saturated rings. The Morgan fingerprint density at radius 3 is 1.77 bits per heavy atom. The Hall–Kier alpha value is -6.89. The quantitative estimate of drug-likeness (QED) is 0.0189. The van der Waals surface area contributed by atoms with Crippen LogP contribution in [0, 0.1) is 5.92 Å². The highest BCUT2D eigenvalue weighted by molar-refractivity contribution is 5.96. The van der Waals surface area contributed by atoms with E-state index >= 15 is 0 Å². The van der Waals surface area contributed by atoms with Crippen LogP contribution in [-0.4, -0.2) is 233 Å². The van der Waals surface area contributed by atoms with Crippen LogP contribution < -0.4 is 55.3 Å². The van der Waals surface area contributed by atoms with Crippen LogP contribution in [0.1, 0.15) is 57.7 Å². The largest absolute Gasteiger partial charge is 0.508 e. The zero-order valence-electron chi connectivity index (χ0n) is 44.8. The number of ether oxygens (including phenoxy) is 4. The zero-order valence-corrected chi connectivity index (χ0v) is 44.8. The number of carbonyl (C=O) groups excluding carboxylic acids is 5. The standard InChI is InChI=1S/C48H78N14O19/c1-20(2)31(61-39(71)25(49)6-4-12-55-47(50)51)42(74)60-28(15-23-16-54-19-57-23)40(72)59-27(14-22-8-10-24(65)11-9-22)41(73)62-32(43(75)58-26(44(76)77)7-5-13-56-48(52)53)21(3)78-45-37(70)35(68)38(30(18-64)80-45)81-46-36(69)34(67)33(66)29(17-63)79-46/h8-11,16,19-21,25-38,45-46,63-70H,4-7,12-15,17-18,49H2,1-3H3,(H,54,57)(H,58,75)(H,59,72)(H,60,74)(H,61,71)(H,62,73)(H,76,77)(H4,50,51,55)(H4,52,53,56)/t21-,25+,26+,27+,28+,29-,30-,31+,32+,33+,34+,35-,36-,37-,38-,45+,46+/m1/s1. The molecule has 2 aliphatic rings. The molecule has 454 valence electrons. The number of nitrogens with zero attached hydrogens (tertiary/aromatic N) is 3. The van der Waals surface area contributed by atoms with Crippen molar-refractivity contribution in [1.29, 1.82) is 0 Å². The average molecular weight is 1160 g/mol. The summed E-state index contributed by atoms with van der Waals surface area (Å²) < 4.78 is 22.7. The monoisotopic (exact) mass is 1150 g/mol. The number of aromatic amines is 1. The minimum atomic E-state index is -2.14. The normalized spacial score (nSPS) is 25.3. The molecule has 33 nitrogen and oxygen atoms in total. The molecule has 3 heterocycles. The summed E-state index contributed by atoms with van der Waals surface area (Å²) in [6.45, 7) is 2.77. The molecule has 5 amide bonds. The number of nitrogens with two attached hydrogens (primary N) is 5. The summed E-state index contributed by atoms with van der Waals surface area (Å²) in [5, 5.41) is 107. The number of aliphatic hydroxyl groups is 7. The molecule has 0 spiro atoms. The van der Waals surface area contributed by atoms with Gasteiger partial charge in [0.25, 0.3) is 0 Å². The number of carboxylic acid groups (broad SMARTS) is 1. The number of aliphatic imine (C=N–C) groups is 2. The van der Waals surface area contributed by atoms with Gasteiger partial charge in [-0.05, 0) is 56.2 Å². The van der Waals surface area contributed by atoms with Crippen molar-refractivity contribution in [2.45, 2.75) is 163 Å². The molecule has 17 atom stereocenters. The number of carboxylic acids is 1. The van der Waals surface area contributed by atoms with Gasteiger partial charge in [-0.2, -0.15) is 0 Å². The lowest BCUT2D eigenvalue weighted by Gasteiger charge is -2.46. The summed E-state index contributed by atoms with van der Waals surface area (Å²) in [7, 11) is 0. The van der Waals surface area contributed by atoms with Crippen molar-refractivity contribution in [2.24, 2.45) is 44.6 Å². The summed E-state index contributed by atoms with van der Waals surface area (Å²) >= 11 is 0. The van der Waals surface area contributed by atoms with Crippen molar-refractivity contribution >= 4 is 47.4 Å². The SMILES string of the molecule is CC(C)[C@H](NC(=O)[C@@H](N)CCCN=C(N)N)C(=O)N[C@@H](Cc1cnc[nH]1)C(=O)N[C@@H](Cc1ccc(O)cc1)C(=O)N[C@H](C(=O)N[C@@H](CCCN=C(N)N)C(=O)O)[C@@H](C)O[C@H]1O[C@H](CO)[C@@H](O[C@@H]2O[C@H](CO)[C@H](O)[C@H](O)[C@H]2O)[C@H](O)[C@H]1O. The lowest BCUT2D eigenvalue weighted by molar-refractivity contribution is -0.362. The molecular weight excluding hydrogens is 1080 g/mol. The van der Waals surface area contributed by atoms with E-state index in [-0.39, 0.29) is 62.9 Å². The number of hydrogen-bond acceptors (Lipinski definition) is 22. The molecule has 0 aliphatic carbocycles. The fourth-order valence-electron chi connectivity index (χ4n) is 8.51. The van der Waals surface area contributed by atoms with Gasteiger partial charge in [-0.3, -0.25) is 34.0 Å². The highest BCUT2D eigenvalue weighted by Gasteiger charge is 2.51. The first-order chi connectivity index (χ1) is 38.3. The molecule has 1 aromatic carbocycles. The van der Waals surface area contributed by atoms with Crippen molar-refractivity contribution in [1.82, 2.24) is 36.6 Å². The van der Waals surface area contributed by atoms with E-state index in [2.05, 4.69) is 46.5 Å². The predicted octanol–water partition coefficient (Wildman–Crippen LogP) is -8.47. The molecule has 2 aromatic rings. The van der Waals surface area contributed by atoms with Gasteiger partial charge in [0, 0.05) is 37.8 Å². The highest BCUT2D eigenvalue weighted by Crippen LogP contribution is 2.30. The smallest absolute Gasteiger partial charge is 0.326 e. The molecule has 0 bridgehead atoms. The summed E-state index contributed by atoms with van der Waals surface area (Å²) in [5.41, 5.74) is 28.3. The molecule has 2 aliphatic heterocycles. The minimum absolute atomic E-state index is 0.0315. The lowest BCUT2D eigenvalue weighted by atomic mass is 9.97. The number of rotatable bonds is 31. The van der Waals surface area contributed by atoms with Crippen LogP contribution >= 0.6 is 0 Å². The summed E-state index contributed by atoms with van der Waals surface area (Å²) in [5.74, 6) is -7.53. The Morgan fingerprint density at radius 1 is 0.667 bits per heavy atom. The number of phenols is 1. The van der Waals surface area contributed by atoms with Gasteiger partial charge in [0.2, 0.25) is 29.5 Å². The first-order valence-electron chi connectivity index (χ1n) is 25.9. The summed E-state index contributed by atoms with van der Waals surface area (Å²) in [4.78, 5) is 98.1. The van der Waals surface area contributed by atoms with E-state index in [0.717, 1.165) is 0 Å². The van der Waals surface area contributed by atoms with Gasteiger partial charge in [-0.25, -0.2) is 9.78 Å². The third-order valence-electron chi connectivity index (χ3n) is 13.1. The van der Waals surface area contributed by atoms with Crippen LogP contribution in [0.25, 0.3) is 0 Å². The maximum atomic E-state index is 14.8. The number of benzene rings is 1. The number of aromatic hydroxyl groups is 1. The third-order valence-corrected chi connectivity index (χ3v) is 13.1. The molecule has 1 aromatic heterocycles. The van der Waals surface area contributed by atoms with E-state index in [1.165, 1.54) is 43.7 Å². The Bertz CT molecular complexity index is 2400. The van der Waals surface area contributed by atoms with E-state index in [4.69, 9.17) is 47.6 Å². The van der Waals surface area contributed by atoms with Crippen molar-refractivity contribution in [3.63, 3.8) is 0 Å². The number of hydrogen-bond donors (Lipinski definition) is 20. The predicted molar refractivity (Wildman–Crippen MR) is 281 cm³/mol. The number of phenolic OH excluding ortho intramolecular Hbond substituents is 1. The number of guanidine groups is 2. The van der Waals surface area contributed by atoms with Crippen LogP contribution in [0.2, 0.25) is 0 Å². The average Bonchev–Trinajstić information content (AvgIpc) is 3.94. The Morgan fingerprint density at radius 2 is 1.20 bits per heavy atom. The molecule has 4 rings (SSSR count). The van der Waals surface area contributed by atoms with Gasteiger partial charge in [-0.15, -0.1) is 0 Å². The van der Waals surface area contributed by atoms with Crippen LogP contribution in [0.4, 0.5) is 0 Å². The van der Waals surface area contributed by atoms with Crippen molar-refractivity contribution in [2.75, 3.05) is 26.3 Å². The lowest BCUT2D eigenvalue weighted by Crippen LogP contribution is -2.65. The Kier molecular flexibility index (Phi) is 26.3. The molecule has 25 N–H and O–H groups in total. The number of H-pyrrole nitrogens is 1. The molecule has 2 saturated heterocycles. The molecule has 0 saturated carbocycles. The van der Waals surface area contributed by atoms with E-state index < -0.39 is 158 Å².